The van der Waals surface area contributed by atoms with Gasteiger partial charge in [0.25, 0.3) is 0 Å². The molecule has 1 aromatic heterocycles. The van der Waals surface area contributed by atoms with E-state index in [1.54, 1.807) is 0 Å². The van der Waals surface area contributed by atoms with Gasteiger partial charge in [0.15, 0.2) is 0 Å². The Hall–Kier alpha value is -2.01. The Balaban J connectivity index is 2.08. The number of nitrogens with one attached hydrogen (secondary N) is 2. The van der Waals surface area contributed by atoms with E-state index in [9.17, 15) is 4.79 Å². The first-order valence-corrected chi connectivity index (χ1v) is 7.63. The number of alkyl carbamates (subject to hydrolysis) is 1. The van der Waals surface area contributed by atoms with Gasteiger partial charge in [-0.25, -0.2) is 4.79 Å². The molecular weight excluding hydrogens is 278 g/mol. The Morgan fingerprint density at radius 3 is 2.77 bits per heavy atom. The summed E-state index contributed by atoms with van der Waals surface area (Å²) in [6, 6.07) is 8.14. The molecule has 0 aliphatic heterocycles. The number of H-pyrrole nitrogens is 1. The van der Waals surface area contributed by atoms with Crippen molar-refractivity contribution in [2.24, 2.45) is 5.73 Å². The Morgan fingerprint density at radius 2 is 2.09 bits per heavy atom. The summed E-state index contributed by atoms with van der Waals surface area (Å²) in [6.45, 7) is 6.63. The van der Waals surface area contributed by atoms with E-state index in [1.807, 2.05) is 45.2 Å². The van der Waals surface area contributed by atoms with E-state index in [-0.39, 0.29) is 5.92 Å². The Morgan fingerprint density at radius 1 is 1.36 bits per heavy atom. The van der Waals surface area contributed by atoms with Gasteiger partial charge >= 0.3 is 6.09 Å². The predicted molar refractivity (Wildman–Crippen MR) is 88.9 cm³/mol. The second kappa shape index (κ2) is 6.83. The summed E-state index contributed by atoms with van der Waals surface area (Å²) in [5.41, 5.74) is 7.51. The summed E-state index contributed by atoms with van der Waals surface area (Å²) in [7, 11) is 0. The number of ether oxygens (including phenoxy) is 1. The minimum atomic E-state index is -0.492. The first-order chi connectivity index (χ1) is 10.4. The summed E-state index contributed by atoms with van der Waals surface area (Å²) in [4.78, 5) is 15.1. The van der Waals surface area contributed by atoms with Crippen molar-refractivity contribution in [1.29, 1.82) is 0 Å². The van der Waals surface area contributed by atoms with Crippen molar-refractivity contribution in [3.05, 3.63) is 36.0 Å². The fourth-order valence-electron chi connectivity index (χ4n) is 2.52. The fraction of sp³-hybridized carbons (Fsp3) is 0.471. The van der Waals surface area contributed by atoms with E-state index >= 15 is 0 Å². The molecule has 1 aromatic carbocycles. The van der Waals surface area contributed by atoms with Gasteiger partial charge < -0.3 is 20.8 Å². The first kappa shape index (κ1) is 16.4. The summed E-state index contributed by atoms with van der Waals surface area (Å²) < 4.78 is 5.28. The lowest BCUT2D eigenvalue weighted by molar-refractivity contribution is 0.0524. The molecule has 22 heavy (non-hydrogen) atoms. The molecule has 0 saturated carbocycles. The van der Waals surface area contributed by atoms with Crippen LogP contribution in [0.25, 0.3) is 10.9 Å². The summed E-state index contributed by atoms with van der Waals surface area (Å²) in [5.74, 6) is 0.161. The van der Waals surface area contributed by atoms with Gasteiger partial charge in [-0.2, -0.15) is 0 Å². The standard InChI is InChI=1S/C17H25N3O2/c1-17(2,3)22-16(21)20-10-12(8-9-18)14-11-19-15-7-5-4-6-13(14)15/h4-7,11-12,19H,8-10,18H2,1-3H3,(H,20,21). The highest BCUT2D eigenvalue weighted by atomic mass is 16.6. The van der Waals surface area contributed by atoms with Gasteiger partial charge in [0, 0.05) is 29.6 Å². The number of rotatable bonds is 5. The summed E-state index contributed by atoms with van der Waals surface area (Å²) in [6.07, 6.45) is 2.41. The van der Waals surface area contributed by atoms with E-state index in [0.29, 0.717) is 13.1 Å². The van der Waals surface area contributed by atoms with Gasteiger partial charge in [-0.05, 0) is 45.4 Å². The van der Waals surface area contributed by atoms with Crippen molar-refractivity contribution in [2.45, 2.75) is 38.7 Å². The second-order valence-corrected chi connectivity index (χ2v) is 6.45. The number of para-hydroxylation sites is 1. The smallest absolute Gasteiger partial charge is 0.407 e. The van der Waals surface area contributed by atoms with Crippen molar-refractivity contribution in [3.8, 4) is 0 Å². The molecule has 0 bridgehead atoms. The number of amides is 1. The molecular formula is C17H25N3O2. The molecule has 1 unspecified atom stereocenters. The lowest BCUT2D eigenvalue weighted by Crippen LogP contribution is -2.35. The van der Waals surface area contributed by atoms with Crippen LogP contribution in [0.4, 0.5) is 4.79 Å². The quantitative estimate of drug-likeness (QED) is 0.794. The van der Waals surface area contributed by atoms with Gasteiger partial charge in [0.1, 0.15) is 5.60 Å². The molecule has 0 fully saturated rings. The highest BCUT2D eigenvalue weighted by Crippen LogP contribution is 2.27. The average Bonchev–Trinajstić information content (AvgIpc) is 2.85. The molecule has 1 heterocycles. The van der Waals surface area contributed by atoms with Crippen LogP contribution >= 0.6 is 0 Å². The van der Waals surface area contributed by atoms with Gasteiger partial charge in [-0.3, -0.25) is 0 Å². The monoisotopic (exact) mass is 303 g/mol. The van der Waals surface area contributed by atoms with Crippen LogP contribution in [-0.2, 0) is 4.74 Å². The number of hydrogen-bond acceptors (Lipinski definition) is 3. The highest BCUT2D eigenvalue weighted by Gasteiger charge is 2.19. The molecule has 2 rings (SSSR count). The molecule has 4 N–H and O–H groups in total. The van der Waals surface area contributed by atoms with Crippen molar-refractivity contribution in [1.82, 2.24) is 10.3 Å². The number of carbonyl (C=O) groups excluding carboxylic acids is 1. The van der Waals surface area contributed by atoms with Crippen molar-refractivity contribution in [2.75, 3.05) is 13.1 Å². The van der Waals surface area contributed by atoms with Crippen molar-refractivity contribution in [3.63, 3.8) is 0 Å². The Labute approximate surface area is 131 Å². The van der Waals surface area contributed by atoms with E-state index in [4.69, 9.17) is 10.5 Å². The average molecular weight is 303 g/mol. The molecule has 0 aliphatic rings. The van der Waals surface area contributed by atoms with Gasteiger partial charge in [0.2, 0.25) is 0 Å². The van der Waals surface area contributed by atoms with Crippen LogP contribution in [0.5, 0.6) is 0 Å². The van der Waals surface area contributed by atoms with E-state index in [0.717, 1.165) is 11.9 Å². The maximum Gasteiger partial charge on any atom is 0.407 e. The second-order valence-electron chi connectivity index (χ2n) is 6.45. The third-order valence-electron chi connectivity index (χ3n) is 3.47. The van der Waals surface area contributed by atoms with Crippen LogP contribution in [0, 0.1) is 0 Å². The minimum absolute atomic E-state index is 0.161. The number of aromatic nitrogens is 1. The fourth-order valence-corrected chi connectivity index (χ4v) is 2.52. The molecule has 1 amide bonds. The molecule has 0 radical (unpaired) electrons. The van der Waals surface area contributed by atoms with E-state index in [1.165, 1.54) is 10.9 Å². The molecule has 0 saturated heterocycles. The van der Waals surface area contributed by atoms with E-state index < -0.39 is 11.7 Å². The molecule has 5 heteroatoms. The number of nitrogens with two attached hydrogens (primary N) is 1. The first-order valence-electron chi connectivity index (χ1n) is 7.63. The van der Waals surface area contributed by atoms with Crippen LogP contribution in [0.2, 0.25) is 0 Å². The van der Waals surface area contributed by atoms with E-state index in [2.05, 4.69) is 16.4 Å². The number of fused-ring (bicyclic) bond motifs is 1. The van der Waals surface area contributed by atoms with Gasteiger partial charge in [-0.15, -0.1) is 0 Å². The lowest BCUT2D eigenvalue weighted by atomic mass is 9.95. The van der Waals surface area contributed by atoms with Crippen LogP contribution in [-0.4, -0.2) is 29.8 Å². The normalized spacial score (nSPS) is 13.1. The topological polar surface area (TPSA) is 80.1 Å². The van der Waals surface area contributed by atoms with Crippen molar-refractivity contribution < 1.29 is 9.53 Å². The molecule has 2 aromatic rings. The summed E-state index contributed by atoms with van der Waals surface area (Å²) >= 11 is 0. The summed E-state index contributed by atoms with van der Waals surface area (Å²) in [5, 5.41) is 4.02. The number of aromatic amines is 1. The van der Waals surface area contributed by atoms with Gasteiger partial charge in [-0.1, -0.05) is 18.2 Å². The highest BCUT2D eigenvalue weighted by molar-refractivity contribution is 5.83. The SMILES string of the molecule is CC(C)(C)OC(=O)NCC(CCN)c1c[nH]c2ccccc12. The number of carbonyl (C=O) groups is 1. The van der Waals surface area contributed by atoms with Crippen LogP contribution in [0.15, 0.2) is 30.5 Å². The zero-order valence-electron chi connectivity index (χ0n) is 13.5. The zero-order chi connectivity index (χ0) is 16.2. The maximum atomic E-state index is 11.8. The largest absolute Gasteiger partial charge is 0.444 e. The molecule has 1 atom stereocenters. The maximum absolute atomic E-state index is 11.8. The molecule has 5 nitrogen and oxygen atoms in total. The zero-order valence-corrected chi connectivity index (χ0v) is 13.5. The number of hydrogen-bond donors (Lipinski definition) is 3. The van der Waals surface area contributed by atoms with Crippen LogP contribution in [0.3, 0.4) is 0 Å². The Bertz CT molecular complexity index is 628. The molecule has 0 spiro atoms. The third-order valence-corrected chi connectivity index (χ3v) is 3.47. The van der Waals surface area contributed by atoms with Crippen LogP contribution in [0.1, 0.15) is 38.7 Å². The Kier molecular flexibility index (Phi) is 5.08. The molecule has 0 aliphatic carbocycles. The number of benzene rings is 1. The predicted octanol–water partition coefficient (Wildman–Crippen LogP) is 3.13. The van der Waals surface area contributed by atoms with Crippen molar-refractivity contribution >= 4 is 17.0 Å². The molecule has 120 valence electrons. The van der Waals surface area contributed by atoms with Gasteiger partial charge in [0.05, 0.1) is 0 Å². The van der Waals surface area contributed by atoms with Crippen LogP contribution < -0.4 is 11.1 Å². The third kappa shape index (κ3) is 4.24. The minimum Gasteiger partial charge on any atom is -0.444 e. The lowest BCUT2D eigenvalue weighted by Gasteiger charge is -2.22.